The van der Waals surface area contributed by atoms with Gasteiger partial charge in [0.2, 0.25) is 17.7 Å². The zero-order chi connectivity index (χ0) is 39.6. The van der Waals surface area contributed by atoms with Gasteiger partial charge in [0, 0.05) is 19.1 Å². The van der Waals surface area contributed by atoms with Gasteiger partial charge in [-0.1, -0.05) is 86.1 Å². The molecule has 290 valence electrons. The quantitative estimate of drug-likeness (QED) is 0.115. The third kappa shape index (κ3) is 16.5. The van der Waals surface area contributed by atoms with Gasteiger partial charge in [-0.2, -0.15) is 0 Å². The number of esters is 1. The van der Waals surface area contributed by atoms with Crippen LogP contribution in [0.1, 0.15) is 70.0 Å². The molecule has 0 saturated carbocycles. The highest BCUT2D eigenvalue weighted by atomic mass is 35.5. The fraction of sp³-hybridized carbons (Fsp3) is 0.444. The Kier molecular flexibility index (Phi) is 18.5. The number of sulfone groups is 1. The van der Waals surface area contributed by atoms with E-state index in [1.165, 1.54) is 0 Å². The van der Waals surface area contributed by atoms with Gasteiger partial charge in [0.1, 0.15) is 29.1 Å². The van der Waals surface area contributed by atoms with E-state index in [1.54, 1.807) is 81.4 Å². The fourth-order valence-electron chi connectivity index (χ4n) is 4.85. The van der Waals surface area contributed by atoms with Crippen molar-refractivity contribution in [3.8, 4) is 0 Å². The van der Waals surface area contributed by atoms with Gasteiger partial charge >= 0.3 is 18.0 Å². The molecule has 0 heterocycles. The summed E-state index contributed by atoms with van der Waals surface area (Å²) in [6, 6.07) is 11.9. The zero-order valence-electron chi connectivity index (χ0n) is 30.0. The molecule has 0 spiro atoms. The smallest absolute Gasteiger partial charge is 0.408 e. The van der Waals surface area contributed by atoms with Crippen LogP contribution in [0.3, 0.4) is 0 Å². The van der Waals surface area contributed by atoms with Gasteiger partial charge in [-0.15, -0.1) is 0 Å². The van der Waals surface area contributed by atoms with Crippen LogP contribution < -0.4 is 21.3 Å². The number of carboxylic acid groups (broad SMARTS) is 1. The molecule has 2 aromatic carbocycles. The molecule has 2 aromatic rings. The maximum atomic E-state index is 13.9. The van der Waals surface area contributed by atoms with E-state index in [9.17, 15) is 37.2 Å². The Balaban J connectivity index is 2.32. The molecule has 0 aromatic heterocycles. The van der Waals surface area contributed by atoms with E-state index in [1.807, 2.05) is 0 Å². The average molecular weight is 779 g/mol. The number of alkyl carbamates (subject to hydrolysis) is 1. The second kappa shape index (κ2) is 22.2. The van der Waals surface area contributed by atoms with Crippen molar-refractivity contribution in [2.45, 2.75) is 83.6 Å². The van der Waals surface area contributed by atoms with Crippen LogP contribution in [0.25, 0.3) is 0 Å². The second-order valence-electron chi connectivity index (χ2n) is 12.3. The number of carbonyl (C=O) groups excluding carboxylic acids is 5. The molecule has 4 unspecified atom stereocenters. The topological polar surface area (TPSA) is 223 Å². The Hall–Kier alpha value is -4.96. The summed E-state index contributed by atoms with van der Waals surface area (Å²) in [6.07, 6.45) is 0.406. The van der Waals surface area contributed by atoms with E-state index in [4.69, 9.17) is 26.2 Å². The van der Waals surface area contributed by atoms with Crippen molar-refractivity contribution in [3.63, 3.8) is 0 Å². The first-order valence-corrected chi connectivity index (χ1v) is 19.2. The van der Waals surface area contributed by atoms with E-state index in [2.05, 4.69) is 21.3 Å². The number of hydrogen-bond acceptors (Lipinski definition) is 10. The number of amides is 4. The SMILES string of the molecule is CCOC(=O)CCC(C=C(Cl)S(C)(=O)=O)NC(=O)C(NC(=O)C(NC(=O)C(CCCC(=O)O)NC(=O)OCc1ccccc1)c1ccccc1)C(C)C. The van der Waals surface area contributed by atoms with E-state index in [0.29, 0.717) is 11.1 Å². The van der Waals surface area contributed by atoms with Crippen molar-refractivity contribution in [2.75, 3.05) is 12.9 Å². The number of halogens is 1. The predicted molar refractivity (Wildman–Crippen MR) is 196 cm³/mol. The number of carboxylic acids is 1. The van der Waals surface area contributed by atoms with Crippen molar-refractivity contribution in [1.29, 1.82) is 0 Å². The molecule has 0 bridgehead atoms. The molecule has 15 nitrogen and oxygen atoms in total. The maximum Gasteiger partial charge on any atom is 0.408 e. The molecule has 0 aliphatic heterocycles. The molecule has 0 fully saturated rings. The van der Waals surface area contributed by atoms with E-state index < -0.39 is 80.0 Å². The molecule has 4 amide bonds. The summed E-state index contributed by atoms with van der Waals surface area (Å²) < 4.78 is 33.7. The molecular weight excluding hydrogens is 732 g/mol. The van der Waals surface area contributed by atoms with Gasteiger partial charge in [-0.05, 0) is 49.3 Å². The Morgan fingerprint density at radius 1 is 0.811 bits per heavy atom. The van der Waals surface area contributed by atoms with Crippen LogP contribution in [-0.4, -0.2) is 80.3 Å². The molecule has 0 aliphatic rings. The van der Waals surface area contributed by atoms with Crippen LogP contribution >= 0.6 is 11.6 Å². The molecule has 2 rings (SSSR count). The lowest BCUT2D eigenvalue weighted by Crippen LogP contribution is -2.55. The highest BCUT2D eigenvalue weighted by molar-refractivity contribution is 7.96. The maximum absolute atomic E-state index is 13.9. The minimum absolute atomic E-state index is 0.0132. The molecule has 5 N–H and O–H groups in total. The molecule has 17 heteroatoms. The van der Waals surface area contributed by atoms with Crippen molar-refractivity contribution < 1.29 is 51.8 Å². The summed E-state index contributed by atoms with van der Waals surface area (Å²) in [6.45, 7) is 4.95. The molecule has 53 heavy (non-hydrogen) atoms. The number of ether oxygens (including phenoxy) is 2. The third-order valence-electron chi connectivity index (χ3n) is 7.61. The normalized spacial score (nSPS) is 13.8. The Morgan fingerprint density at radius 2 is 1.43 bits per heavy atom. The molecule has 0 saturated heterocycles. The highest BCUT2D eigenvalue weighted by Gasteiger charge is 2.33. The molecular formula is C36H47ClN4O11S. The number of aliphatic carboxylic acids is 1. The van der Waals surface area contributed by atoms with Gasteiger partial charge in [0.25, 0.3) is 0 Å². The summed E-state index contributed by atoms with van der Waals surface area (Å²) in [4.78, 5) is 77.2. The first-order valence-electron chi connectivity index (χ1n) is 16.9. The lowest BCUT2D eigenvalue weighted by Gasteiger charge is -2.28. The average Bonchev–Trinajstić information content (AvgIpc) is 3.10. The number of hydrogen-bond donors (Lipinski definition) is 5. The minimum Gasteiger partial charge on any atom is -0.481 e. The Labute approximate surface area is 314 Å². The van der Waals surface area contributed by atoms with E-state index >= 15 is 0 Å². The summed E-state index contributed by atoms with van der Waals surface area (Å²) in [5.41, 5.74) is 1.02. The van der Waals surface area contributed by atoms with Gasteiger partial charge in [-0.3, -0.25) is 24.0 Å². The van der Waals surface area contributed by atoms with Crippen molar-refractivity contribution in [3.05, 3.63) is 82.2 Å². The monoisotopic (exact) mass is 778 g/mol. The second-order valence-corrected chi connectivity index (χ2v) is 14.9. The van der Waals surface area contributed by atoms with Gasteiger partial charge < -0.3 is 35.8 Å². The highest BCUT2D eigenvalue weighted by Crippen LogP contribution is 2.17. The number of rotatable bonds is 21. The third-order valence-corrected chi connectivity index (χ3v) is 9.42. The standard InChI is InChI=1S/C36H47ClN4O11S/c1-5-51-30(44)20-19-26(21-28(37)53(4,49)50)38-34(46)31(23(2)3)40-35(47)32(25-15-10-7-11-16-25)41-33(45)27(17-12-18-29(42)43)39-36(48)52-22-24-13-8-6-9-14-24/h6-11,13-16,21,23,26-27,31-32H,5,12,17-20,22H2,1-4H3,(H,38,46)(H,39,48)(H,40,47)(H,41,45)(H,42,43). The first-order chi connectivity index (χ1) is 25.0. The lowest BCUT2D eigenvalue weighted by molar-refractivity contribution is -0.143. The summed E-state index contributed by atoms with van der Waals surface area (Å²) >= 11 is 5.98. The van der Waals surface area contributed by atoms with Crippen molar-refractivity contribution >= 4 is 57.2 Å². The first kappa shape index (κ1) is 44.2. The van der Waals surface area contributed by atoms with Gasteiger partial charge in [0.05, 0.1) is 12.6 Å². The van der Waals surface area contributed by atoms with Crippen LogP contribution in [0.5, 0.6) is 0 Å². The molecule has 0 radical (unpaired) electrons. The molecule has 0 aliphatic carbocycles. The lowest BCUT2D eigenvalue weighted by atomic mass is 9.99. The Bertz CT molecular complexity index is 1690. The van der Waals surface area contributed by atoms with Crippen LogP contribution in [0.4, 0.5) is 4.79 Å². The van der Waals surface area contributed by atoms with Crippen LogP contribution in [0, 0.1) is 5.92 Å². The largest absolute Gasteiger partial charge is 0.481 e. The van der Waals surface area contributed by atoms with Crippen molar-refractivity contribution in [2.24, 2.45) is 5.92 Å². The molecule has 4 atom stereocenters. The van der Waals surface area contributed by atoms with Crippen molar-refractivity contribution in [1.82, 2.24) is 21.3 Å². The number of carbonyl (C=O) groups is 6. The van der Waals surface area contributed by atoms with Crippen LogP contribution in [0.15, 0.2) is 71.1 Å². The van der Waals surface area contributed by atoms with Crippen LogP contribution in [0.2, 0.25) is 0 Å². The number of benzene rings is 2. The van der Waals surface area contributed by atoms with E-state index in [0.717, 1.165) is 12.3 Å². The fourth-order valence-corrected chi connectivity index (χ4v) is 5.41. The van der Waals surface area contributed by atoms with Crippen LogP contribution in [-0.2, 0) is 49.9 Å². The van der Waals surface area contributed by atoms with Gasteiger partial charge in [0.15, 0.2) is 9.84 Å². The summed E-state index contributed by atoms with van der Waals surface area (Å²) in [5.74, 6) is -4.57. The zero-order valence-corrected chi connectivity index (χ0v) is 31.6. The number of nitrogens with one attached hydrogen (secondary N) is 4. The predicted octanol–water partition coefficient (Wildman–Crippen LogP) is 3.49. The Morgan fingerprint density at radius 3 is 2.00 bits per heavy atom. The van der Waals surface area contributed by atoms with E-state index in [-0.39, 0.29) is 45.3 Å². The summed E-state index contributed by atoms with van der Waals surface area (Å²) in [5, 5.41) is 19.5. The summed E-state index contributed by atoms with van der Waals surface area (Å²) in [7, 11) is -3.85. The minimum atomic E-state index is -3.85. The van der Waals surface area contributed by atoms with Gasteiger partial charge in [-0.25, -0.2) is 13.2 Å².